The Hall–Kier alpha value is -0.680. The van der Waals surface area contributed by atoms with Crippen molar-refractivity contribution >= 4 is 21.7 Å². The summed E-state index contributed by atoms with van der Waals surface area (Å²) in [5.41, 5.74) is 0. The lowest BCUT2D eigenvalue weighted by molar-refractivity contribution is 0.102. The van der Waals surface area contributed by atoms with E-state index in [1.54, 1.807) is 0 Å². The Morgan fingerprint density at radius 1 is 1.44 bits per heavy atom. The molecule has 0 amide bonds. The lowest BCUT2D eigenvalue weighted by Crippen LogP contribution is -2.43. The van der Waals surface area contributed by atoms with Gasteiger partial charge in [-0.25, -0.2) is 9.97 Å². The van der Waals surface area contributed by atoms with Gasteiger partial charge in [0.2, 0.25) is 0 Å². The monoisotopic (exact) mass is 313 g/mol. The molecule has 0 bridgehead atoms. The van der Waals surface area contributed by atoms with Crippen LogP contribution in [-0.2, 0) is 0 Å². The summed E-state index contributed by atoms with van der Waals surface area (Å²) in [7, 11) is 0. The molecule has 2 unspecified atom stereocenters. The van der Waals surface area contributed by atoms with Gasteiger partial charge in [-0.3, -0.25) is 0 Å². The van der Waals surface area contributed by atoms with Gasteiger partial charge < -0.3 is 10.0 Å². The maximum absolute atomic E-state index is 9.96. The van der Waals surface area contributed by atoms with E-state index in [0.29, 0.717) is 18.4 Å². The van der Waals surface area contributed by atoms with E-state index in [2.05, 4.69) is 51.6 Å². The maximum atomic E-state index is 9.96. The molecule has 5 heteroatoms. The zero-order valence-electron chi connectivity index (χ0n) is 11.1. The molecular weight excluding hydrogens is 294 g/mol. The van der Waals surface area contributed by atoms with Crippen LogP contribution < -0.4 is 4.90 Å². The molecule has 100 valence electrons. The van der Waals surface area contributed by atoms with Crippen molar-refractivity contribution < 1.29 is 5.11 Å². The van der Waals surface area contributed by atoms with Crippen molar-refractivity contribution in [1.29, 1.82) is 0 Å². The summed E-state index contributed by atoms with van der Waals surface area (Å²) in [6.07, 6.45) is 0.731. The van der Waals surface area contributed by atoms with Gasteiger partial charge in [-0.05, 0) is 28.3 Å². The van der Waals surface area contributed by atoms with Crippen LogP contribution in [0.4, 0.5) is 5.82 Å². The summed E-state index contributed by atoms with van der Waals surface area (Å²) in [5.74, 6) is 2.42. The summed E-state index contributed by atoms with van der Waals surface area (Å²) in [4.78, 5) is 11.1. The van der Waals surface area contributed by atoms with Crippen molar-refractivity contribution in [2.24, 2.45) is 5.92 Å². The number of aromatic nitrogens is 2. The Morgan fingerprint density at radius 2 is 2.17 bits per heavy atom. The third-order valence-corrected chi connectivity index (χ3v) is 3.86. The molecule has 0 radical (unpaired) electrons. The normalized spacial score (nSPS) is 24.7. The molecule has 1 fully saturated rings. The molecule has 1 N–H and O–H groups in total. The summed E-state index contributed by atoms with van der Waals surface area (Å²) < 4.78 is 0.810. The minimum Gasteiger partial charge on any atom is -0.391 e. The minimum absolute atomic E-state index is 0.269. The number of piperidine rings is 1. The van der Waals surface area contributed by atoms with E-state index in [9.17, 15) is 5.11 Å². The average molecular weight is 314 g/mol. The van der Waals surface area contributed by atoms with Gasteiger partial charge >= 0.3 is 0 Å². The molecule has 1 aromatic heterocycles. The van der Waals surface area contributed by atoms with Crippen LogP contribution in [0.1, 0.15) is 38.9 Å². The fourth-order valence-corrected chi connectivity index (χ4v) is 2.49. The molecule has 18 heavy (non-hydrogen) atoms. The summed E-state index contributed by atoms with van der Waals surface area (Å²) in [5, 5.41) is 9.96. The Morgan fingerprint density at radius 3 is 2.78 bits per heavy atom. The number of aliphatic hydroxyl groups is 1. The predicted octanol–water partition coefficient (Wildman–Crippen LogP) is 2.57. The molecule has 2 atom stereocenters. The first-order chi connectivity index (χ1) is 8.47. The first-order valence-corrected chi connectivity index (χ1v) is 7.24. The van der Waals surface area contributed by atoms with E-state index < -0.39 is 0 Å². The van der Waals surface area contributed by atoms with E-state index in [1.807, 2.05) is 6.07 Å². The predicted molar refractivity (Wildman–Crippen MR) is 75.8 cm³/mol. The van der Waals surface area contributed by atoms with E-state index in [4.69, 9.17) is 0 Å². The van der Waals surface area contributed by atoms with E-state index in [1.165, 1.54) is 0 Å². The van der Waals surface area contributed by atoms with Crippen LogP contribution in [-0.4, -0.2) is 34.3 Å². The quantitative estimate of drug-likeness (QED) is 0.853. The number of nitrogens with zero attached hydrogens (tertiary/aromatic N) is 3. The number of rotatable bonds is 2. The maximum Gasteiger partial charge on any atom is 0.134 e. The van der Waals surface area contributed by atoms with Crippen LogP contribution in [0.25, 0.3) is 0 Å². The van der Waals surface area contributed by atoms with Crippen LogP contribution in [0.15, 0.2) is 10.7 Å². The summed E-state index contributed by atoms with van der Waals surface area (Å²) in [6, 6.07) is 1.93. The third kappa shape index (κ3) is 3.01. The fourth-order valence-electron chi connectivity index (χ4n) is 2.10. The van der Waals surface area contributed by atoms with Crippen molar-refractivity contribution in [3.63, 3.8) is 0 Å². The second-order valence-electron chi connectivity index (χ2n) is 5.34. The van der Waals surface area contributed by atoms with Gasteiger partial charge in [0.05, 0.1) is 6.10 Å². The molecule has 1 aliphatic heterocycles. The van der Waals surface area contributed by atoms with Crippen LogP contribution in [0.3, 0.4) is 0 Å². The number of aliphatic hydroxyl groups excluding tert-OH is 1. The van der Waals surface area contributed by atoms with Gasteiger partial charge in [-0.1, -0.05) is 20.8 Å². The number of halogens is 1. The summed E-state index contributed by atoms with van der Waals surface area (Å²) >= 11 is 3.43. The van der Waals surface area contributed by atoms with Crippen molar-refractivity contribution in [3.05, 3.63) is 16.5 Å². The smallest absolute Gasteiger partial charge is 0.134 e. The van der Waals surface area contributed by atoms with Gasteiger partial charge in [0, 0.05) is 25.1 Å². The lowest BCUT2D eigenvalue weighted by Gasteiger charge is -2.35. The molecular formula is C13H20BrN3O. The second-order valence-corrected chi connectivity index (χ2v) is 6.15. The molecule has 1 aromatic rings. The molecule has 0 aliphatic carbocycles. The zero-order valence-corrected chi connectivity index (χ0v) is 12.7. The number of anilines is 1. The highest BCUT2D eigenvalue weighted by molar-refractivity contribution is 9.10. The third-order valence-electron chi connectivity index (χ3n) is 3.46. The van der Waals surface area contributed by atoms with Gasteiger partial charge in [0.1, 0.15) is 16.2 Å². The van der Waals surface area contributed by atoms with Crippen molar-refractivity contribution in [1.82, 2.24) is 9.97 Å². The first kappa shape index (κ1) is 13.7. The van der Waals surface area contributed by atoms with Gasteiger partial charge in [-0.2, -0.15) is 0 Å². The first-order valence-electron chi connectivity index (χ1n) is 6.45. The largest absolute Gasteiger partial charge is 0.391 e. The van der Waals surface area contributed by atoms with E-state index in [0.717, 1.165) is 29.2 Å². The molecule has 4 nitrogen and oxygen atoms in total. The number of hydrogen-bond donors (Lipinski definition) is 1. The standard InChI is InChI=1S/C13H20BrN3O/c1-8(2)13-15-11(14)6-12(16-13)17-5-4-9(3)10(18)7-17/h6,8-10,18H,4-5,7H2,1-3H3. The highest BCUT2D eigenvalue weighted by atomic mass is 79.9. The van der Waals surface area contributed by atoms with Crippen molar-refractivity contribution in [2.45, 2.75) is 39.2 Å². The number of β-amino-alcohol motifs (C(OH)–C–C–N with tert-alkyl or cyclic N) is 1. The molecule has 2 heterocycles. The van der Waals surface area contributed by atoms with Crippen molar-refractivity contribution in [2.75, 3.05) is 18.0 Å². The Balaban J connectivity index is 2.23. The van der Waals surface area contributed by atoms with Crippen LogP contribution in [0, 0.1) is 5.92 Å². The van der Waals surface area contributed by atoms with E-state index in [-0.39, 0.29) is 6.10 Å². The highest BCUT2D eigenvalue weighted by Crippen LogP contribution is 2.25. The van der Waals surface area contributed by atoms with Gasteiger partial charge in [0.25, 0.3) is 0 Å². The van der Waals surface area contributed by atoms with Gasteiger partial charge in [0.15, 0.2) is 0 Å². The van der Waals surface area contributed by atoms with Crippen LogP contribution >= 0.6 is 15.9 Å². The fraction of sp³-hybridized carbons (Fsp3) is 0.692. The molecule has 2 rings (SSSR count). The molecule has 0 aromatic carbocycles. The Labute approximate surface area is 117 Å². The van der Waals surface area contributed by atoms with Gasteiger partial charge in [-0.15, -0.1) is 0 Å². The number of hydrogen-bond acceptors (Lipinski definition) is 4. The molecule has 1 saturated heterocycles. The molecule has 1 aliphatic rings. The Kier molecular flexibility index (Phi) is 4.22. The molecule has 0 spiro atoms. The molecule has 0 saturated carbocycles. The van der Waals surface area contributed by atoms with Crippen molar-refractivity contribution in [3.8, 4) is 0 Å². The SMILES string of the molecule is CC(C)c1nc(Br)cc(N2CCC(C)C(O)C2)n1. The van der Waals surface area contributed by atoms with Crippen LogP contribution in [0.2, 0.25) is 0 Å². The zero-order chi connectivity index (χ0) is 13.3. The summed E-state index contributed by atoms with van der Waals surface area (Å²) in [6.45, 7) is 7.86. The van der Waals surface area contributed by atoms with Crippen LogP contribution in [0.5, 0.6) is 0 Å². The second kappa shape index (κ2) is 5.53. The average Bonchev–Trinajstić information content (AvgIpc) is 2.31. The highest BCUT2D eigenvalue weighted by Gasteiger charge is 2.25. The Bertz CT molecular complexity index is 425. The van der Waals surface area contributed by atoms with E-state index >= 15 is 0 Å². The topological polar surface area (TPSA) is 49.2 Å². The minimum atomic E-state index is -0.269. The lowest BCUT2D eigenvalue weighted by atomic mass is 9.96.